The van der Waals surface area contributed by atoms with Gasteiger partial charge in [-0.15, -0.1) is 0 Å². The maximum atomic E-state index is 11.9. The van der Waals surface area contributed by atoms with Crippen LogP contribution in [-0.2, 0) is 20.7 Å². The van der Waals surface area contributed by atoms with E-state index in [2.05, 4.69) is 20.1 Å². The average Bonchev–Trinajstić information content (AvgIpc) is 3.31. The minimum Gasteiger partial charge on any atom is -0.858 e. The summed E-state index contributed by atoms with van der Waals surface area (Å²) in [5.74, 6) is -0.694. The van der Waals surface area contributed by atoms with Crippen molar-refractivity contribution in [1.29, 1.82) is 0 Å². The number of carbonyl (C=O) groups is 2. The van der Waals surface area contributed by atoms with E-state index in [0.717, 1.165) is 36.1 Å². The molecule has 0 radical (unpaired) electrons. The monoisotopic (exact) mass is 417 g/mol. The maximum absolute atomic E-state index is 11.9. The Hall–Kier alpha value is -2.98. The summed E-state index contributed by atoms with van der Waals surface area (Å²) in [5.41, 5.74) is 6.31. The smallest absolute Gasteiger partial charge is 0.311 e. The van der Waals surface area contributed by atoms with Crippen molar-refractivity contribution in [3.8, 4) is 11.0 Å². The zero-order valence-corrected chi connectivity index (χ0v) is 16.9. The quantitative estimate of drug-likeness (QED) is 0.560. The van der Waals surface area contributed by atoms with Crippen LogP contribution in [0.15, 0.2) is 30.3 Å². The third-order valence-electron chi connectivity index (χ3n) is 4.59. The highest BCUT2D eigenvalue weighted by Gasteiger charge is 2.19. The Labute approximate surface area is 171 Å². The van der Waals surface area contributed by atoms with Gasteiger partial charge in [-0.2, -0.15) is 5.10 Å². The lowest BCUT2D eigenvalue weighted by molar-refractivity contribution is -0.663. The number of aromatic nitrogens is 3. The van der Waals surface area contributed by atoms with E-state index in [0.29, 0.717) is 10.8 Å². The summed E-state index contributed by atoms with van der Waals surface area (Å²) in [6.45, 7) is 2.13. The van der Waals surface area contributed by atoms with E-state index >= 15 is 0 Å². The number of ether oxygens (including phenoxy) is 1. The number of piperidine rings is 1. The van der Waals surface area contributed by atoms with Gasteiger partial charge in [0.05, 0.1) is 42.5 Å². The highest BCUT2D eigenvalue weighted by atomic mass is 32.1. The molecule has 0 bridgehead atoms. The fraction of sp³-hybridized carbons (Fsp3) is 0.368. The minimum absolute atomic E-state index is 0.0242. The van der Waals surface area contributed by atoms with Crippen molar-refractivity contribution < 1.29 is 24.7 Å². The number of amides is 1. The molecule has 2 aromatic heterocycles. The number of thiazole rings is 1. The van der Waals surface area contributed by atoms with Gasteiger partial charge in [-0.25, -0.2) is 9.67 Å². The van der Waals surface area contributed by atoms with E-state index in [9.17, 15) is 14.7 Å². The predicted octanol–water partition coefficient (Wildman–Crippen LogP) is -0.284. The zero-order valence-electron chi connectivity index (χ0n) is 16.0. The summed E-state index contributed by atoms with van der Waals surface area (Å²) in [5, 5.41) is 18.7. The SMILES string of the molecule is COC(=O)Cc1cc([O-])n(-c2nc3ccccc3s2)n1.NC(=O)C1CC[NH2+]CC1. The van der Waals surface area contributed by atoms with Crippen LogP contribution in [0.5, 0.6) is 5.88 Å². The summed E-state index contributed by atoms with van der Waals surface area (Å²) < 4.78 is 6.74. The van der Waals surface area contributed by atoms with Gasteiger partial charge in [0.15, 0.2) is 0 Å². The Bertz CT molecular complexity index is 961. The molecular formula is C19H23N5O4S. The predicted molar refractivity (Wildman–Crippen MR) is 105 cm³/mol. The molecule has 3 heterocycles. The number of para-hydroxylation sites is 1. The van der Waals surface area contributed by atoms with E-state index in [-0.39, 0.29) is 24.1 Å². The molecule has 0 aliphatic carbocycles. The van der Waals surface area contributed by atoms with Gasteiger partial charge in [-0.05, 0) is 24.1 Å². The topological polar surface area (TPSA) is 140 Å². The molecule has 154 valence electrons. The third kappa shape index (κ3) is 5.30. The molecule has 1 fully saturated rings. The highest BCUT2D eigenvalue weighted by Crippen LogP contribution is 2.26. The molecule has 3 aromatic rings. The lowest BCUT2D eigenvalue weighted by Gasteiger charge is -2.16. The number of hydrogen-bond donors (Lipinski definition) is 2. The normalized spacial score (nSPS) is 14.2. The number of nitrogens with zero attached hydrogens (tertiary/aromatic N) is 3. The first-order valence-corrected chi connectivity index (χ1v) is 10.1. The fourth-order valence-corrected chi connectivity index (χ4v) is 3.94. The highest BCUT2D eigenvalue weighted by molar-refractivity contribution is 7.20. The molecule has 29 heavy (non-hydrogen) atoms. The molecule has 0 spiro atoms. The van der Waals surface area contributed by atoms with Crippen LogP contribution in [0.1, 0.15) is 18.5 Å². The number of primary amides is 1. The van der Waals surface area contributed by atoms with Gasteiger partial charge in [0.25, 0.3) is 0 Å². The summed E-state index contributed by atoms with van der Waals surface area (Å²) in [4.78, 5) is 26.1. The molecule has 1 amide bonds. The van der Waals surface area contributed by atoms with Crippen molar-refractivity contribution in [2.24, 2.45) is 11.7 Å². The summed E-state index contributed by atoms with van der Waals surface area (Å²) in [7, 11) is 1.30. The van der Waals surface area contributed by atoms with Crippen molar-refractivity contribution in [2.45, 2.75) is 19.3 Å². The Morgan fingerprint density at radius 3 is 2.69 bits per heavy atom. The minimum atomic E-state index is -0.432. The van der Waals surface area contributed by atoms with Crippen LogP contribution in [0.25, 0.3) is 15.3 Å². The second-order valence-corrected chi connectivity index (χ2v) is 7.65. The molecule has 0 unspecified atom stereocenters. The Kier molecular flexibility index (Phi) is 6.78. The largest absolute Gasteiger partial charge is 0.858 e. The van der Waals surface area contributed by atoms with Crippen molar-refractivity contribution >= 4 is 33.4 Å². The summed E-state index contributed by atoms with van der Waals surface area (Å²) in [6, 6.07) is 8.92. The number of rotatable bonds is 4. The summed E-state index contributed by atoms with van der Waals surface area (Å²) in [6.07, 6.45) is 1.91. The number of hydrogen-bond acceptors (Lipinski definition) is 7. The molecule has 10 heteroatoms. The summed E-state index contributed by atoms with van der Waals surface area (Å²) >= 11 is 1.38. The van der Waals surface area contributed by atoms with Crippen LogP contribution >= 0.6 is 11.3 Å². The van der Waals surface area contributed by atoms with Gasteiger partial charge in [0.1, 0.15) is 0 Å². The molecule has 1 aromatic carbocycles. The second-order valence-electron chi connectivity index (χ2n) is 6.65. The first-order valence-electron chi connectivity index (χ1n) is 9.27. The number of nitrogens with two attached hydrogens (primary N) is 2. The Morgan fingerprint density at radius 1 is 1.34 bits per heavy atom. The van der Waals surface area contributed by atoms with Gasteiger partial charge in [0, 0.05) is 18.8 Å². The van der Waals surface area contributed by atoms with E-state index in [4.69, 9.17) is 5.73 Å². The second kappa shape index (κ2) is 9.48. The number of methoxy groups -OCH3 is 1. The lowest BCUT2D eigenvalue weighted by Crippen LogP contribution is -2.86. The van der Waals surface area contributed by atoms with E-state index in [1.165, 1.54) is 29.2 Å². The first kappa shape index (κ1) is 20.7. The molecule has 0 saturated carbocycles. The van der Waals surface area contributed by atoms with Crippen molar-refractivity contribution in [3.05, 3.63) is 36.0 Å². The maximum Gasteiger partial charge on any atom is 0.311 e. The molecule has 1 aliphatic rings. The molecule has 4 rings (SSSR count). The van der Waals surface area contributed by atoms with E-state index in [1.54, 1.807) is 0 Å². The van der Waals surface area contributed by atoms with Crippen LogP contribution in [-0.4, -0.2) is 46.8 Å². The van der Waals surface area contributed by atoms with Crippen LogP contribution in [0.4, 0.5) is 0 Å². The van der Waals surface area contributed by atoms with Crippen LogP contribution in [0.2, 0.25) is 0 Å². The number of fused-ring (bicyclic) bond motifs is 1. The molecule has 9 nitrogen and oxygen atoms in total. The average molecular weight is 417 g/mol. The lowest BCUT2D eigenvalue weighted by atomic mass is 9.98. The number of quaternary nitrogens is 1. The molecule has 0 atom stereocenters. The van der Waals surface area contributed by atoms with Gasteiger partial charge in [-0.1, -0.05) is 23.5 Å². The standard InChI is InChI=1S/C13H11N3O3S.C6H12N2O/c1-19-12(18)7-8-6-11(17)16(15-8)13-14-9-4-2-3-5-10(9)20-13;7-6(9)5-1-3-8-4-2-5/h2-6,17H,7H2,1H3;5,8H,1-4H2,(H2,7,9). The molecule has 1 saturated heterocycles. The third-order valence-corrected chi connectivity index (χ3v) is 5.60. The van der Waals surface area contributed by atoms with Gasteiger partial charge in [0.2, 0.25) is 11.0 Å². The fourth-order valence-electron chi connectivity index (χ4n) is 3.02. The molecular weight excluding hydrogens is 394 g/mol. The Balaban J connectivity index is 0.000000224. The van der Waals surface area contributed by atoms with Gasteiger partial charge >= 0.3 is 5.97 Å². The van der Waals surface area contributed by atoms with Crippen LogP contribution < -0.4 is 16.2 Å². The first-order chi connectivity index (χ1) is 14.0. The Morgan fingerprint density at radius 2 is 2.07 bits per heavy atom. The van der Waals surface area contributed by atoms with Crippen molar-refractivity contribution in [1.82, 2.24) is 14.8 Å². The van der Waals surface area contributed by atoms with Crippen LogP contribution in [0.3, 0.4) is 0 Å². The zero-order chi connectivity index (χ0) is 20.8. The van der Waals surface area contributed by atoms with Crippen LogP contribution in [0, 0.1) is 5.92 Å². The molecule has 4 N–H and O–H groups in total. The van der Waals surface area contributed by atoms with Gasteiger partial charge < -0.3 is 20.9 Å². The van der Waals surface area contributed by atoms with E-state index < -0.39 is 5.97 Å². The van der Waals surface area contributed by atoms with Crippen molar-refractivity contribution in [3.63, 3.8) is 0 Å². The van der Waals surface area contributed by atoms with Crippen molar-refractivity contribution in [2.75, 3.05) is 20.2 Å². The number of esters is 1. The number of benzene rings is 1. The molecule has 1 aliphatic heterocycles. The van der Waals surface area contributed by atoms with Gasteiger partial charge in [-0.3, -0.25) is 9.59 Å². The van der Waals surface area contributed by atoms with E-state index in [1.807, 2.05) is 24.3 Å². The number of carbonyl (C=O) groups excluding carboxylic acids is 2.